The van der Waals surface area contributed by atoms with Crippen molar-refractivity contribution in [2.75, 3.05) is 26.2 Å². The Hall–Kier alpha value is -1.79. The standard InChI is InChI=1S/C33H59N3O3.ClH/c1-4-7-8-9-10-11-12-13-14-15-16-17-18-19-20-25-32(35-29-37)31-24-22-21-23-30(31)28-39-33(38)34-26-27-36(5-2)6-3;/h21-24,29,32H,4-20,25-28H2,1-3H3,(H,34,38)(H,35,37);1H. The van der Waals surface area contributed by atoms with Gasteiger partial charge in [-0.25, -0.2) is 4.79 Å². The highest BCUT2D eigenvalue weighted by molar-refractivity contribution is 5.85. The predicted octanol–water partition coefficient (Wildman–Crippen LogP) is 8.73. The summed E-state index contributed by atoms with van der Waals surface area (Å²) in [6.07, 6.45) is 21.4. The highest BCUT2D eigenvalue weighted by atomic mass is 35.5. The maximum Gasteiger partial charge on any atom is 0.407 e. The van der Waals surface area contributed by atoms with E-state index in [4.69, 9.17) is 4.74 Å². The Morgan fingerprint density at radius 3 is 1.88 bits per heavy atom. The predicted molar refractivity (Wildman–Crippen MR) is 171 cm³/mol. The molecule has 40 heavy (non-hydrogen) atoms. The molecule has 1 unspecified atom stereocenters. The van der Waals surface area contributed by atoms with E-state index in [0.717, 1.165) is 50.0 Å². The number of amides is 2. The van der Waals surface area contributed by atoms with Gasteiger partial charge < -0.3 is 20.3 Å². The molecule has 2 amide bonds. The fourth-order valence-corrected chi connectivity index (χ4v) is 5.19. The van der Waals surface area contributed by atoms with E-state index < -0.39 is 6.09 Å². The minimum Gasteiger partial charge on any atom is -0.445 e. The van der Waals surface area contributed by atoms with Gasteiger partial charge in [0.05, 0.1) is 6.04 Å². The van der Waals surface area contributed by atoms with Gasteiger partial charge in [-0.05, 0) is 30.6 Å². The molecule has 2 N–H and O–H groups in total. The van der Waals surface area contributed by atoms with Crippen LogP contribution in [0.1, 0.15) is 141 Å². The van der Waals surface area contributed by atoms with E-state index in [1.165, 1.54) is 89.9 Å². The molecule has 1 rings (SSSR count). The Bertz CT molecular complexity index is 731. The molecule has 0 heterocycles. The summed E-state index contributed by atoms with van der Waals surface area (Å²) in [6, 6.07) is 7.88. The molecule has 0 saturated carbocycles. The second kappa shape index (κ2) is 27.4. The van der Waals surface area contributed by atoms with Crippen molar-refractivity contribution in [1.29, 1.82) is 0 Å². The molecule has 0 bridgehead atoms. The summed E-state index contributed by atoms with van der Waals surface area (Å²) in [5.41, 5.74) is 1.97. The topological polar surface area (TPSA) is 70.7 Å². The number of alkyl carbamates (subject to hydrolysis) is 1. The maximum atomic E-state index is 12.2. The lowest BCUT2D eigenvalue weighted by atomic mass is 9.95. The molecular formula is C33H60ClN3O3. The van der Waals surface area contributed by atoms with Crippen molar-refractivity contribution in [1.82, 2.24) is 15.5 Å². The van der Waals surface area contributed by atoms with Crippen LogP contribution in [0.5, 0.6) is 0 Å². The van der Waals surface area contributed by atoms with Gasteiger partial charge in [0.2, 0.25) is 6.41 Å². The second-order valence-electron chi connectivity index (χ2n) is 10.8. The van der Waals surface area contributed by atoms with Crippen LogP contribution in [-0.2, 0) is 16.1 Å². The first-order valence-corrected chi connectivity index (χ1v) is 16.1. The number of halogens is 1. The van der Waals surface area contributed by atoms with Gasteiger partial charge in [0.15, 0.2) is 0 Å². The second-order valence-corrected chi connectivity index (χ2v) is 10.8. The van der Waals surface area contributed by atoms with Crippen LogP contribution in [0.4, 0.5) is 4.79 Å². The molecule has 0 spiro atoms. The minimum atomic E-state index is -0.403. The monoisotopic (exact) mass is 581 g/mol. The summed E-state index contributed by atoms with van der Waals surface area (Å²) in [7, 11) is 0. The van der Waals surface area contributed by atoms with E-state index >= 15 is 0 Å². The van der Waals surface area contributed by atoms with Crippen molar-refractivity contribution in [2.45, 2.75) is 136 Å². The molecule has 1 atom stereocenters. The molecular weight excluding hydrogens is 522 g/mol. The Morgan fingerprint density at radius 1 is 0.825 bits per heavy atom. The number of rotatable bonds is 26. The Kier molecular flexibility index (Phi) is 26.2. The number of carbonyl (C=O) groups excluding carboxylic acids is 2. The third-order valence-corrected chi connectivity index (χ3v) is 7.75. The number of hydrogen-bond acceptors (Lipinski definition) is 4. The van der Waals surface area contributed by atoms with E-state index in [1.54, 1.807) is 0 Å². The molecule has 0 radical (unpaired) electrons. The molecule has 0 fully saturated rings. The summed E-state index contributed by atoms with van der Waals surface area (Å²) in [5.74, 6) is 0. The van der Waals surface area contributed by atoms with E-state index in [1.807, 2.05) is 24.3 Å². The number of nitrogens with zero attached hydrogens (tertiary/aromatic N) is 1. The van der Waals surface area contributed by atoms with Gasteiger partial charge >= 0.3 is 6.09 Å². The van der Waals surface area contributed by atoms with Crippen LogP contribution in [0.3, 0.4) is 0 Å². The lowest BCUT2D eigenvalue weighted by Gasteiger charge is -2.20. The van der Waals surface area contributed by atoms with Gasteiger partial charge in [-0.15, -0.1) is 12.4 Å². The maximum absolute atomic E-state index is 12.2. The van der Waals surface area contributed by atoms with Crippen LogP contribution >= 0.6 is 12.4 Å². The molecule has 232 valence electrons. The quantitative estimate of drug-likeness (QED) is 0.0847. The Morgan fingerprint density at radius 2 is 1.35 bits per heavy atom. The zero-order chi connectivity index (χ0) is 28.4. The van der Waals surface area contributed by atoms with E-state index in [-0.39, 0.29) is 25.1 Å². The number of hydrogen-bond donors (Lipinski definition) is 2. The minimum absolute atomic E-state index is 0. The van der Waals surface area contributed by atoms with Crippen LogP contribution in [0.2, 0.25) is 0 Å². The van der Waals surface area contributed by atoms with Gasteiger partial charge in [-0.3, -0.25) is 4.79 Å². The zero-order valence-corrected chi connectivity index (χ0v) is 26.7. The molecule has 7 heteroatoms. The smallest absolute Gasteiger partial charge is 0.407 e. The summed E-state index contributed by atoms with van der Waals surface area (Å²) in [4.78, 5) is 25.8. The molecule has 6 nitrogen and oxygen atoms in total. The SMILES string of the molecule is CCCCCCCCCCCCCCCCCC(NC=O)c1ccccc1COC(=O)NCCN(CC)CC.Cl. The molecule has 1 aromatic carbocycles. The number of ether oxygens (including phenoxy) is 1. The normalized spacial score (nSPS) is 11.6. The summed E-state index contributed by atoms with van der Waals surface area (Å²) in [6.45, 7) is 10.0. The lowest BCUT2D eigenvalue weighted by molar-refractivity contribution is -0.110. The number of unbranched alkanes of at least 4 members (excludes halogenated alkanes) is 14. The number of benzene rings is 1. The van der Waals surface area contributed by atoms with E-state index in [0.29, 0.717) is 6.54 Å². The van der Waals surface area contributed by atoms with Crippen molar-refractivity contribution in [3.63, 3.8) is 0 Å². The number of carbonyl (C=O) groups is 2. The molecule has 0 aliphatic rings. The molecule has 0 saturated heterocycles. The highest BCUT2D eigenvalue weighted by Crippen LogP contribution is 2.24. The van der Waals surface area contributed by atoms with E-state index in [9.17, 15) is 9.59 Å². The van der Waals surface area contributed by atoms with Gasteiger partial charge in [-0.1, -0.05) is 141 Å². The van der Waals surface area contributed by atoms with Gasteiger partial charge in [0, 0.05) is 13.1 Å². The zero-order valence-electron chi connectivity index (χ0n) is 25.9. The lowest BCUT2D eigenvalue weighted by Crippen LogP contribution is -2.35. The van der Waals surface area contributed by atoms with Crippen LogP contribution in [0, 0.1) is 0 Å². The Balaban J connectivity index is 0.0000152. The van der Waals surface area contributed by atoms with Crippen molar-refractivity contribution < 1.29 is 14.3 Å². The average Bonchev–Trinajstić information content (AvgIpc) is 2.96. The average molecular weight is 582 g/mol. The van der Waals surface area contributed by atoms with E-state index in [2.05, 4.69) is 36.3 Å². The van der Waals surface area contributed by atoms with Crippen molar-refractivity contribution in [3.05, 3.63) is 35.4 Å². The fraction of sp³-hybridized carbons (Fsp3) is 0.758. The summed E-state index contributed by atoms with van der Waals surface area (Å²) >= 11 is 0. The van der Waals surface area contributed by atoms with Crippen molar-refractivity contribution in [3.8, 4) is 0 Å². The third-order valence-electron chi connectivity index (χ3n) is 7.75. The number of nitrogens with one attached hydrogen (secondary N) is 2. The van der Waals surface area contributed by atoms with Gasteiger partial charge in [0.25, 0.3) is 0 Å². The third kappa shape index (κ3) is 19.3. The molecule has 1 aromatic rings. The molecule has 0 aliphatic carbocycles. The van der Waals surface area contributed by atoms with Crippen molar-refractivity contribution >= 4 is 24.9 Å². The van der Waals surface area contributed by atoms with Gasteiger partial charge in [-0.2, -0.15) is 0 Å². The largest absolute Gasteiger partial charge is 0.445 e. The summed E-state index contributed by atoms with van der Waals surface area (Å²) in [5, 5.41) is 5.83. The van der Waals surface area contributed by atoms with Crippen LogP contribution < -0.4 is 10.6 Å². The highest BCUT2D eigenvalue weighted by Gasteiger charge is 2.15. The number of likely N-dealkylation sites (N-methyl/N-ethyl adjacent to an activating group) is 1. The van der Waals surface area contributed by atoms with Crippen LogP contribution in [-0.4, -0.2) is 43.6 Å². The molecule has 0 aromatic heterocycles. The summed E-state index contributed by atoms with van der Waals surface area (Å²) < 4.78 is 5.49. The van der Waals surface area contributed by atoms with Crippen LogP contribution in [0.25, 0.3) is 0 Å². The Labute approximate surface area is 252 Å². The van der Waals surface area contributed by atoms with Gasteiger partial charge in [0.1, 0.15) is 6.61 Å². The van der Waals surface area contributed by atoms with Crippen LogP contribution in [0.15, 0.2) is 24.3 Å². The van der Waals surface area contributed by atoms with Crippen molar-refractivity contribution in [2.24, 2.45) is 0 Å². The first-order valence-electron chi connectivity index (χ1n) is 16.1. The molecule has 0 aliphatic heterocycles. The fourth-order valence-electron chi connectivity index (χ4n) is 5.19. The first kappa shape index (κ1) is 38.2. The first-order chi connectivity index (χ1) is 19.2.